The van der Waals surface area contributed by atoms with Gasteiger partial charge >= 0.3 is 0 Å². The summed E-state index contributed by atoms with van der Waals surface area (Å²) in [6, 6.07) is 5.80. The summed E-state index contributed by atoms with van der Waals surface area (Å²) in [7, 11) is 0. The number of hydrogen-bond acceptors (Lipinski definition) is 1. The van der Waals surface area contributed by atoms with E-state index in [-0.39, 0.29) is 0 Å². The first-order valence-electron chi connectivity index (χ1n) is 3.84. The van der Waals surface area contributed by atoms with Gasteiger partial charge in [0.05, 0.1) is 0 Å². The van der Waals surface area contributed by atoms with Crippen LogP contribution in [0.1, 0.15) is 17.5 Å². The number of carbonyl (C=O) groups excluding carboxylic acids is 1. The zero-order chi connectivity index (χ0) is 8.97. The van der Waals surface area contributed by atoms with Crippen LogP contribution >= 0.6 is 11.6 Å². The lowest BCUT2D eigenvalue weighted by Crippen LogP contribution is -1.87. The van der Waals surface area contributed by atoms with E-state index in [0.29, 0.717) is 6.42 Å². The molecule has 0 bridgehead atoms. The molecule has 1 nitrogen and oxygen atoms in total. The van der Waals surface area contributed by atoms with Crippen LogP contribution in [0.3, 0.4) is 0 Å². The summed E-state index contributed by atoms with van der Waals surface area (Å²) in [5.74, 6) is 0. The molecule has 0 fully saturated rings. The highest BCUT2D eigenvalue weighted by molar-refractivity contribution is 6.31. The zero-order valence-corrected chi connectivity index (χ0v) is 7.69. The topological polar surface area (TPSA) is 17.1 Å². The first-order chi connectivity index (χ1) is 5.74. The maximum absolute atomic E-state index is 9.98. The van der Waals surface area contributed by atoms with E-state index >= 15 is 0 Å². The van der Waals surface area contributed by atoms with Crippen molar-refractivity contribution in [2.75, 3.05) is 0 Å². The molecule has 0 aliphatic rings. The van der Waals surface area contributed by atoms with Crippen molar-refractivity contribution in [3.63, 3.8) is 0 Å². The lowest BCUT2D eigenvalue weighted by molar-refractivity contribution is 0.551. The van der Waals surface area contributed by atoms with Gasteiger partial charge < -0.3 is 0 Å². The maximum atomic E-state index is 9.98. The van der Waals surface area contributed by atoms with Crippen molar-refractivity contribution < 1.29 is 4.79 Å². The maximum Gasteiger partial charge on any atom is 0.198 e. The summed E-state index contributed by atoms with van der Waals surface area (Å²) in [5.41, 5.74) is 2.19. The van der Waals surface area contributed by atoms with Gasteiger partial charge in [0.2, 0.25) is 0 Å². The van der Waals surface area contributed by atoms with Crippen molar-refractivity contribution in [2.45, 2.75) is 19.8 Å². The van der Waals surface area contributed by atoms with Gasteiger partial charge in [-0.1, -0.05) is 23.7 Å². The fraction of sp³-hybridized carbons (Fsp3) is 0.300. The number of halogens is 1. The Hall–Kier alpha value is -0.820. The molecule has 0 aliphatic heterocycles. The van der Waals surface area contributed by atoms with Gasteiger partial charge in [0, 0.05) is 11.4 Å². The predicted molar refractivity (Wildman–Crippen MR) is 50.2 cm³/mol. The minimum atomic E-state index is 0.459. The molecule has 0 atom stereocenters. The number of hydrogen-bond donors (Lipinski definition) is 0. The molecule has 2 heteroatoms. The van der Waals surface area contributed by atoms with Crippen LogP contribution in [0.25, 0.3) is 0 Å². The van der Waals surface area contributed by atoms with Crippen LogP contribution in [-0.4, -0.2) is 6.29 Å². The molecule has 63 valence electrons. The fourth-order valence-electron chi connectivity index (χ4n) is 1.06. The molecule has 0 spiro atoms. The molecule has 0 heterocycles. The number of rotatable bonds is 3. The Labute approximate surface area is 77.4 Å². The molecule has 0 aliphatic carbocycles. The van der Waals surface area contributed by atoms with E-state index in [0.717, 1.165) is 22.6 Å². The van der Waals surface area contributed by atoms with Crippen LogP contribution in [-0.2, 0) is 11.2 Å². The van der Waals surface area contributed by atoms with E-state index in [1.807, 2.05) is 31.4 Å². The Kier molecular flexibility index (Phi) is 3.30. The number of benzene rings is 1. The van der Waals surface area contributed by atoms with Crippen LogP contribution in [0.5, 0.6) is 0 Å². The molecule has 0 amide bonds. The second-order valence-electron chi connectivity index (χ2n) is 2.73. The third-order valence-corrected chi connectivity index (χ3v) is 2.16. The average molecular weight is 182 g/mol. The fourth-order valence-corrected chi connectivity index (χ4v) is 1.18. The Morgan fingerprint density at radius 2 is 2.25 bits per heavy atom. The Morgan fingerprint density at radius 1 is 1.50 bits per heavy atom. The van der Waals surface area contributed by atoms with Gasteiger partial charge in [-0.3, -0.25) is 4.79 Å². The van der Waals surface area contributed by atoms with E-state index in [2.05, 4.69) is 0 Å². The molecule has 1 rings (SSSR count). The molecular formula is C10H10ClO. The summed E-state index contributed by atoms with van der Waals surface area (Å²) in [4.78, 5) is 9.98. The van der Waals surface area contributed by atoms with Crippen LogP contribution in [0.2, 0.25) is 5.02 Å². The minimum Gasteiger partial charge on any atom is -0.291 e. The molecule has 0 saturated carbocycles. The summed E-state index contributed by atoms with van der Waals surface area (Å²) < 4.78 is 0. The average Bonchev–Trinajstić information content (AvgIpc) is 2.07. The standard InChI is InChI=1S/C10H10ClO/c1-8-7-9(3-2-6-12)4-5-10(8)11/h4-5,7H,2-3H2,1H3. The van der Waals surface area contributed by atoms with Crippen molar-refractivity contribution in [1.82, 2.24) is 0 Å². The molecule has 0 aromatic heterocycles. The second-order valence-corrected chi connectivity index (χ2v) is 3.14. The van der Waals surface area contributed by atoms with Crippen LogP contribution in [0.15, 0.2) is 18.2 Å². The molecule has 0 saturated heterocycles. The summed E-state index contributed by atoms with van der Waals surface area (Å²) in [5, 5.41) is 0.772. The van der Waals surface area contributed by atoms with E-state index in [1.165, 1.54) is 0 Å². The quantitative estimate of drug-likeness (QED) is 0.701. The highest BCUT2D eigenvalue weighted by Crippen LogP contribution is 2.16. The molecule has 1 aromatic rings. The zero-order valence-electron chi connectivity index (χ0n) is 6.93. The lowest BCUT2D eigenvalue weighted by atomic mass is 10.1. The summed E-state index contributed by atoms with van der Waals surface area (Å²) in [6.45, 7) is 1.95. The van der Waals surface area contributed by atoms with Gasteiger partial charge in [0.15, 0.2) is 6.29 Å². The highest BCUT2D eigenvalue weighted by Gasteiger charge is 1.96. The first-order valence-corrected chi connectivity index (χ1v) is 4.22. The van der Waals surface area contributed by atoms with Gasteiger partial charge in [-0.15, -0.1) is 0 Å². The third kappa shape index (κ3) is 2.35. The van der Waals surface area contributed by atoms with Gasteiger partial charge in [0.25, 0.3) is 0 Å². The lowest BCUT2D eigenvalue weighted by Gasteiger charge is -2.00. The molecule has 0 N–H and O–H groups in total. The van der Waals surface area contributed by atoms with Crippen molar-refractivity contribution in [2.24, 2.45) is 0 Å². The predicted octanol–water partition coefficient (Wildman–Crippen LogP) is 2.69. The van der Waals surface area contributed by atoms with Crippen molar-refractivity contribution in [3.05, 3.63) is 34.3 Å². The molecule has 0 unspecified atom stereocenters. The Balaban J connectivity index is 2.75. The normalized spacial score (nSPS) is 9.83. The molecule has 1 radical (unpaired) electrons. The minimum absolute atomic E-state index is 0.459. The molecular weight excluding hydrogens is 172 g/mol. The van der Waals surface area contributed by atoms with E-state index in [9.17, 15) is 4.79 Å². The van der Waals surface area contributed by atoms with Crippen molar-refractivity contribution in [3.8, 4) is 0 Å². The summed E-state index contributed by atoms with van der Waals surface area (Å²) >= 11 is 5.84. The first kappa shape index (κ1) is 9.27. The monoisotopic (exact) mass is 181 g/mol. The van der Waals surface area contributed by atoms with E-state index in [1.54, 1.807) is 0 Å². The highest BCUT2D eigenvalue weighted by atomic mass is 35.5. The Morgan fingerprint density at radius 3 is 2.83 bits per heavy atom. The largest absolute Gasteiger partial charge is 0.291 e. The van der Waals surface area contributed by atoms with Crippen molar-refractivity contribution >= 4 is 17.9 Å². The number of aryl methyl sites for hydroxylation is 2. The van der Waals surface area contributed by atoms with Gasteiger partial charge in [0.1, 0.15) is 0 Å². The smallest absolute Gasteiger partial charge is 0.198 e. The SMILES string of the molecule is Cc1cc(CC[C]=O)ccc1Cl. The molecule has 1 aromatic carbocycles. The Bertz CT molecular complexity index is 281. The van der Waals surface area contributed by atoms with Gasteiger partial charge in [-0.25, -0.2) is 0 Å². The van der Waals surface area contributed by atoms with Crippen LogP contribution in [0.4, 0.5) is 0 Å². The second kappa shape index (κ2) is 4.27. The van der Waals surface area contributed by atoms with Crippen LogP contribution < -0.4 is 0 Å². The van der Waals surface area contributed by atoms with Crippen molar-refractivity contribution in [1.29, 1.82) is 0 Å². The third-order valence-electron chi connectivity index (χ3n) is 1.74. The van der Waals surface area contributed by atoms with E-state index in [4.69, 9.17) is 11.6 Å². The molecule has 12 heavy (non-hydrogen) atoms. The summed E-state index contributed by atoms with van der Waals surface area (Å²) in [6.07, 6.45) is 3.08. The van der Waals surface area contributed by atoms with E-state index < -0.39 is 0 Å². The van der Waals surface area contributed by atoms with Crippen LogP contribution in [0, 0.1) is 6.92 Å². The van der Waals surface area contributed by atoms with Gasteiger partial charge in [-0.05, 0) is 30.5 Å². The van der Waals surface area contributed by atoms with Gasteiger partial charge in [-0.2, -0.15) is 0 Å².